The van der Waals surface area contributed by atoms with Gasteiger partial charge in [-0.25, -0.2) is 9.97 Å². The van der Waals surface area contributed by atoms with E-state index >= 15 is 0 Å². The summed E-state index contributed by atoms with van der Waals surface area (Å²) < 4.78 is 0. The number of benzene rings is 1. The van der Waals surface area contributed by atoms with Crippen LogP contribution in [-0.2, 0) is 9.59 Å². The van der Waals surface area contributed by atoms with Crippen LogP contribution < -0.4 is 10.6 Å². The molecule has 1 aromatic carbocycles. The molecule has 8 heteroatoms. The lowest BCUT2D eigenvalue weighted by Gasteiger charge is -2.12. The van der Waals surface area contributed by atoms with Crippen LogP contribution in [0.1, 0.15) is 30.3 Å². The van der Waals surface area contributed by atoms with Crippen LogP contribution in [0.25, 0.3) is 0 Å². The second-order valence-electron chi connectivity index (χ2n) is 5.93. The van der Waals surface area contributed by atoms with Gasteiger partial charge < -0.3 is 5.32 Å². The lowest BCUT2D eigenvalue weighted by atomic mass is 10.2. The summed E-state index contributed by atoms with van der Waals surface area (Å²) in [6.07, 6.45) is -0.247. The van der Waals surface area contributed by atoms with Gasteiger partial charge in [-0.15, -0.1) is 0 Å². The van der Waals surface area contributed by atoms with E-state index in [1.807, 2.05) is 32.9 Å². The molecular weight excluding hydrogens is 354 g/mol. The van der Waals surface area contributed by atoms with Gasteiger partial charge in [0.1, 0.15) is 5.78 Å². The fraction of sp³-hybridized carbons (Fsp3) is 0.278. The number of carbonyl (C=O) groups excluding carboxylic acids is 2. The molecule has 0 saturated carbocycles. The molecule has 2 aromatic rings. The average molecular weight is 374 g/mol. The van der Waals surface area contributed by atoms with Crippen molar-refractivity contribution in [3.8, 4) is 0 Å². The molecular formula is C18H20ClN5O2. The van der Waals surface area contributed by atoms with Crippen LogP contribution >= 0.6 is 11.6 Å². The molecule has 0 aliphatic carbocycles. The predicted molar refractivity (Wildman–Crippen MR) is 102 cm³/mol. The maximum absolute atomic E-state index is 12.0. The summed E-state index contributed by atoms with van der Waals surface area (Å²) in [6.45, 7) is 6.89. The fourth-order valence-electron chi connectivity index (χ4n) is 2.15. The Kier molecular flexibility index (Phi) is 6.41. The standard InChI is InChI=1S/C18H20ClN5O2/c1-10-5-6-14(9-15(10)19)22-18(23-16(26)8-13(4)25)24-17-20-11(2)7-12(3)21-17/h5-7,9H,8H2,1-4H3,(H2,20,21,22,23,24,26). The molecule has 1 heterocycles. The van der Waals surface area contributed by atoms with E-state index in [0.717, 1.165) is 17.0 Å². The molecule has 0 unspecified atom stereocenters. The topological polar surface area (TPSA) is 96.3 Å². The number of nitrogens with zero attached hydrogens (tertiary/aromatic N) is 3. The molecule has 1 aromatic heterocycles. The predicted octanol–water partition coefficient (Wildman–Crippen LogP) is 3.25. The van der Waals surface area contributed by atoms with Crippen LogP contribution in [0.4, 0.5) is 11.6 Å². The monoisotopic (exact) mass is 373 g/mol. The van der Waals surface area contributed by atoms with Gasteiger partial charge in [0.25, 0.3) is 5.95 Å². The summed E-state index contributed by atoms with van der Waals surface area (Å²) in [5.74, 6) is -0.415. The van der Waals surface area contributed by atoms with E-state index in [0.29, 0.717) is 10.7 Å². The number of aryl methyl sites for hydroxylation is 3. The number of guanidine groups is 1. The van der Waals surface area contributed by atoms with E-state index in [1.54, 1.807) is 12.1 Å². The number of rotatable bonds is 4. The summed E-state index contributed by atoms with van der Waals surface area (Å²) in [4.78, 5) is 35.9. The highest BCUT2D eigenvalue weighted by Gasteiger charge is 2.11. The molecule has 0 aliphatic heterocycles. The molecule has 26 heavy (non-hydrogen) atoms. The van der Waals surface area contributed by atoms with Crippen molar-refractivity contribution in [2.24, 2.45) is 4.99 Å². The minimum Gasteiger partial charge on any atom is -0.326 e. The third kappa shape index (κ3) is 5.93. The summed E-state index contributed by atoms with van der Waals surface area (Å²) >= 11 is 6.14. The number of aliphatic imine (C=N–C) groups is 1. The van der Waals surface area contributed by atoms with Crippen molar-refractivity contribution in [1.29, 1.82) is 0 Å². The Labute approximate surface area is 156 Å². The number of hydrogen-bond acceptors (Lipinski definition) is 5. The molecule has 2 N–H and O–H groups in total. The maximum Gasteiger partial charge on any atom is 0.253 e. The third-order valence-electron chi connectivity index (χ3n) is 3.28. The minimum atomic E-state index is -0.480. The first kappa shape index (κ1) is 19.5. The molecule has 0 atom stereocenters. The first-order chi connectivity index (χ1) is 12.2. The van der Waals surface area contributed by atoms with E-state index in [2.05, 4.69) is 25.6 Å². The van der Waals surface area contributed by atoms with Gasteiger partial charge in [-0.3, -0.25) is 14.9 Å². The molecule has 136 valence electrons. The largest absolute Gasteiger partial charge is 0.326 e. The summed E-state index contributed by atoms with van der Waals surface area (Å²) in [5.41, 5.74) is 3.06. The van der Waals surface area contributed by atoms with Gasteiger partial charge in [0.2, 0.25) is 11.9 Å². The average Bonchev–Trinajstić information content (AvgIpc) is 2.49. The van der Waals surface area contributed by atoms with E-state index < -0.39 is 5.91 Å². The molecule has 0 spiro atoms. The van der Waals surface area contributed by atoms with Crippen LogP contribution in [-0.4, -0.2) is 27.6 Å². The van der Waals surface area contributed by atoms with Crippen molar-refractivity contribution >= 4 is 40.9 Å². The first-order valence-electron chi connectivity index (χ1n) is 7.96. The van der Waals surface area contributed by atoms with E-state index in [1.165, 1.54) is 6.92 Å². The fourth-order valence-corrected chi connectivity index (χ4v) is 2.33. The molecule has 0 fully saturated rings. The number of Topliss-reactive ketones (excluding diaryl/α,β-unsaturated/α-hetero) is 1. The lowest BCUT2D eigenvalue weighted by molar-refractivity contribution is -0.126. The zero-order valence-electron chi connectivity index (χ0n) is 15.1. The van der Waals surface area contributed by atoms with Gasteiger partial charge in [-0.2, -0.15) is 4.99 Å². The summed E-state index contributed by atoms with van der Waals surface area (Å²) in [7, 11) is 0. The highest BCUT2D eigenvalue weighted by atomic mass is 35.5. The number of ketones is 1. The summed E-state index contributed by atoms with van der Waals surface area (Å²) in [5, 5.41) is 6.13. The normalized spacial score (nSPS) is 11.2. The highest BCUT2D eigenvalue weighted by molar-refractivity contribution is 6.31. The molecule has 2 rings (SSSR count). The SMILES string of the molecule is CC(=O)CC(=O)N/C(=N\c1nc(C)cc(C)n1)Nc1ccc(C)c(Cl)c1. The minimum absolute atomic E-state index is 0.112. The quantitative estimate of drug-likeness (QED) is 0.487. The van der Waals surface area contributed by atoms with Crippen LogP contribution in [0.5, 0.6) is 0 Å². The Morgan fingerprint density at radius 3 is 2.35 bits per heavy atom. The molecule has 0 aliphatic rings. The van der Waals surface area contributed by atoms with Gasteiger partial charge >= 0.3 is 0 Å². The molecule has 1 amide bonds. The Morgan fingerprint density at radius 1 is 1.12 bits per heavy atom. The van der Waals surface area contributed by atoms with Gasteiger partial charge in [0.15, 0.2) is 0 Å². The van der Waals surface area contributed by atoms with Gasteiger partial charge in [-0.05, 0) is 51.5 Å². The number of carbonyl (C=O) groups is 2. The van der Waals surface area contributed by atoms with Crippen molar-refractivity contribution in [1.82, 2.24) is 15.3 Å². The van der Waals surface area contributed by atoms with Crippen molar-refractivity contribution in [3.05, 3.63) is 46.2 Å². The van der Waals surface area contributed by atoms with E-state index in [9.17, 15) is 9.59 Å². The molecule has 0 bridgehead atoms. The van der Waals surface area contributed by atoms with Crippen LogP contribution in [0.15, 0.2) is 29.3 Å². The van der Waals surface area contributed by atoms with E-state index in [-0.39, 0.29) is 24.1 Å². The lowest BCUT2D eigenvalue weighted by Crippen LogP contribution is -2.36. The second-order valence-corrected chi connectivity index (χ2v) is 6.33. The Hall–Kier alpha value is -2.80. The number of nitrogens with one attached hydrogen (secondary N) is 2. The number of hydrogen-bond donors (Lipinski definition) is 2. The van der Waals surface area contributed by atoms with E-state index in [4.69, 9.17) is 11.6 Å². The summed E-state index contributed by atoms with van der Waals surface area (Å²) in [6, 6.07) is 7.18. The van der Waals surface area contributed by atoms with Gasteiger partial charge in [0, 0.05) is 22.1 Å². The Morgan fingerprint density at radius 2 is 1.77 bits per heavy atom. The van der Waals surface area contributed by atoms with Crippen molar-refractivity contribution in [2.75, 3.05) is 5.32 Å². The smallest absolute Gasteiger partial charge is 0.253 e. The maximum atomic E-state index is 12.0. The van der Waals surface area contributed by atoms with Crippen LogP contribution in [0, 0.1) is 20.8 Å². The molecule has 0 radical (unpaired) electrons. The zero-order chi connectivity index (χ0) is 19.3. The Bertz CT molecular complexity index is 860. The van der Waals surface area contributed by atoms with Gasteiger partial charge in [0.05, 0.1) is 6.42 Å². The van der Waals surface area contributed by atoms with Crippen molar-refractivity contribution < 1.29 is 9.59 Å². The zero-order valence-corrected chi connectivity index (χ0v) is 15.8. The van der Waals surface area contributed by atoms with Gasteiger partial charge in [-0.1, -0.05) is 17.7 Å². The first-order valence-corrected chi connectivity index (χ1v) is 8.34. The van der Waals surface area contributed by atoms with Crippen molar-refractivity contribution in [3.63, 3.8) is 0 Å². The van der Waals surface area contributed by atoms with Crippen LogP contribution in [0.2, 0.25) is 5.02 Å². The number of amides is 1. The van der Waals surface area contributed by atoms with Crippen molar-refractivity contribution in [2.45, 2.75) is 34.1 Å². The number of aromatic nitrogens is 2. The third-order valence-corrected chi connectivity index (χ3v) is 3.69. The van der Waals surface area contributed by atoms with Crippen LogP contribution in [0.3, 0.4) is 0 Å². The molecule has 7 nitrogen and oxygen atoms in total. The number of anilines is 1. The number of halogens is 1. The Balaban J connectivity index is 2.33. The molecule has 0 saturated heterocycles. The highest BCUT2D eigenvalue weighted by Crippen LogP contribution is 2.20. The second kappa shape index (κ2) is 8.53.